The number of anilines is 1. The van der Waals surface area contributed by atoms with Gasteiger partial charge in [-0.15, -0.1) is 0 Å². The van der Waals surface area contributed by atoms with Gasteiger partial charge in [-0.1, -0.05) is 0 Å². The fourth-order valence-electron chi connectivity index (χ4n) is 2.56. The van der Waals surface area contributed by atoms with Crippen LogP contribution in [0, 0.1) is 16.0 Å². The number of carbonyl (C=O) groups excluding carboxylic acids is 1. The van der Waals surface area contributed by atoms with E-state index in [2.05, 4.69) is 22.6 Å². The second kappa shape index (κ2) is 6.53. The Hall–Kier alpha value is -2.15. The first-order valence-electron chi connectivity index (χ1n) is 6.94. The highest BCUT2D eigenvalue weighted by molar-refractivity contribution is 5.95. The third-order valence-electron chi connectivity index (χ3n) is 3.75. The predicted octanol–water partition coefficient (Wildman–Crippen LogP) is 1.32. The predicted molar refractivity (Wildman–Crippen MR) is 80.6 cm³/mol. The zero-order chi connectivity index (χ0) is 15.4. The summed E-state index contributed by atoms with van der Waals surface area (Å²) in [7, 11) is 3.57. The Morgan fingerprint density at radius 1 is 1.52 bits per heavy atom. The first-order valence-corrected chi connectivity index (χ1v) is 6.94. The van der Waals surface area contributed by atoms with Crippen LogP contribution >= 0.6 is 0 Å². The van der Waals surface area contributed by atoms with Crippen LogP contribution in [0.3, 0.4) is 0 Å². The third kappa shape index (κ3) is 3.69. The van der Waals surface area contributed by atoms with Crippen molar-refractivity contribution < 1.29 is 9.72 Å². The number of nitrogens with zero attached hydrogens (tertiary/aromatic N) is 2. The molecule has 0 unspecified atom stereocenters. The average Bonchev–Trinajstić information content (AvgIpc) is 2.89. The molecule has 0 aromatic heterocycles. The molecule has 1 aromatic carbocycles. The van der Waals surface area contributed by atoms with Crippen molar-refractivity contribution >= 4 is 17.3 Å². The molecule has 114 valence electrons. The fraction of sp³-hybridized carbons (Fsp3) is 0.500. The molecule has 1 amide bonds. The molecule has 7 nitrogen and oxygen atoms in total. The van der Waals surface area contributed by atoms with Crippen molar-refractivity contribution in [1.82, 2.24) is 10.2 Å². The quantitative estimate of drug-likeness (QED) is 0.631. The van der Waals surface area contributed by atoms with Gasteiger partial charge < -0.3 is 15.5 Å². The third-order valence-corrected chi connectivity index (χ3v) is 3.75. The van der Waals surface area contributed by atoms with E-state index < -0.39 is 4.92 Å². The van der Waals surface area contributed by atoms with Crippen LogP contribution in [0.2, 0.25) is 0 Å². The van der Waals surface area contributed by atoms with E-state index in [0.717, 1.165) is 19.5 Å². The summed E-state index contributed by atoms with van der Waals surface area (Å²) in [5.74, 6) is 0.162. The van der Waals surface area contributed by atoms with Crippen LogP contribution in [0.25, 0.3) is 0 Å². The largest absolute Gasteiger partial charge is 0.379 e. The van der Waals surface area contributed by atoms with E-state index in [9.17, 15) is 14.9 Å². The van der Waals surface area contributed by atoms with Gasteiger partial charge in [-0.3, -0.25) is 14.9 Å². The number of benzene rings is 1. The highest BCUT2D eigenvalue weighted by Gasteiger charge is 2.21. The minimum Gasteiger partial charge on any atom is -0.379 e. The Morgan fingerprint density at radius 2 is 2.29 bits per heavy atom. The Bertz CT molecular complexity index is 547. The summed E-state index contributed by atoms with van der Waals surface area (Å²) in [6, 6.07) is 4.50. The van der Waals surface area contributed by atoms with E-state index >= 15 is 0 Å². The molecular formula is C14H20N4O3. The highest BCUT2D eigenvalue weighted by atomic mass is 16.6. The van der Waals surface area contributed by atoms with E-state index in [0.29, 0.717) is 18.2 Å². The van der Waals surface area contributed by atoms with Gasteiger partial charge in [0.15, 0.2) is 0 Å². The summed E-state index contributed by atoms with van der Waals surface area (Å²) >= 11 is 0. The van der Waals surface area contributed by atoms with Crippen LogP contribution in [-0.2, 0) is 0 Å². The lowest BCUT2D eigenvalue weighted by molar-refractivity contribution is -0.384. The maximum atomic E-state index is 11.5. The second-order valence-electron chi connectivity index (χ2n) is 5.37. The van der Waals surface area contributed by atoms with Crippen molar-refractivity contribution in [2.24, 2.45) is 5.92 Å². The number of likely N-dealkylation sites (tertiary alicyclic amines) is 1. The van der Waals surface area contributed by atoms with E-state index in [1.54, 1.807) is 12.1 Å². The van der Waals surface area contributed by atoms with Gasteiger partial charge >= 0.3 is 0 Å². The van der Waals surface area contributed by atoms with Gasteiger partial charge in [-0.25, -0.2) is 0 Å². The van der Waals surface area contributed by atoms with Crippen LogP contribution in [0.1, 0.15) is 16.8 Å². The molecule has 1 heterocycles. The highest BCUT2D eigenvalue weighted by Crippen LogP contribution is 2.26. The maximum absolute atomic E-state index is 11.5. The lowest BCUT2D eigenvalue weighted by Gasteiger charge is -2.13. The van der Waals surface area contributed by atoms with Gasteiger partial charge in [0.25, 0.3) is 11.6 Å². The lowest BCUT2D eigenvalue weighted by Crippen LogP contribution is -2.20. The van der Waals surface area contributed by atoms with Gasteiger partial charge in [0.1, 0.15) is 5.69 Å². The SMILES string of the molecule is CNC(=O)c1ccc(NC[C@@H]2CCN(C)C2)c([N+](=O)[O-])c1. The summed E-state index contributed by atoms with van der Waals surface area (Å²) in [6.07, 6.45) is 1.09. The number of hydrogen-bond acceptors (Lipinski definition) is 5. The number of nitrogens with one attached hydrogen (secondary N) is 2. The summed E-state index contributed by atoms with van der Waals surface area (Å²) in [6.45, 7) is 2.76. The maximum Gasteiger partial charge on any atom is 0.293 e. The molecule has 1 fully saturated rings. The molecule has 2 N–H and O–H groups in total. The van der Waals surface area contributed by atoms with Crippen LogP contribution in [0.4, 0.5) is 11.4 Å². The monoisotopic (exact) mass is 292 g/mol. The lowest BCUT2D eigenvalue weighted by atomic mass is 10.1. The zero-order valence-electron chi connectivity index (χ0n) is 12.3. The Kier molecular flexibility index (Phi) is 4.74. The van der Waals surface area contributed by atoms with Gasteiger partial charge in [0.05, 0.1) is 4.92 Å². The van der Waals surface area contributed by atoms with Gasteiger partial charge in [-0.05, 0) is 38.1 Å². The van der Waals surface area contributed by atoms with Gasteiger partial charge in [0.2, 0.25) is 0 Å². The fourth-order valence-corrected chi connectivity index (χ4v) is 2.56. The molecule has 0 radical (unpaired) electrons. The Balaban J connectivity index is 2.11. The summed E-state index contributed by atoms with van der Waals surface area (Å²) in [5.41, 5.74) is 0.681. The van der Waals surface area contributed by atoms with Crippen molar-refractivity contribution in [1.29, 1.82) is 0 Å². The minimum atomic E-state index is -0.463. The average molecular weight is 292 g/mol. The van der Waals surface area contributed by atoms with Crippen molar-refractivity contribution in [3.63, 3.8) is 0 Å². The van der Waals surface area contributed by atoms with Crippen molar-refractivity contribution in [2.45, 2.75) is 6.42 Å². The van der Waals surface area contributed by atoms with Gasteiger partial charge in [-0.2, -0.15) is 0 Å². The van der Waals surface area contributed by atoms with Crippen LogP contribution in [0.5, 0.6) is 0 Å². The molecule has 0 saturated carbocycles. The molecule has 1 saturated heterocycles. The first kappa shape index (κ1) is 15.2. The van der Waals surface area contributed by atoms with E-state index in [1.165, 1.54) is 13.1 Å². The molecule has 7 heteroatoms. The smallest absolute Gasteiger partial charge is 0.293 e. The first-order chi connectivity index (χ1) is 10.0. The van der Waals surface area contributed by atoms with Crippen LogP contribution < -0.4 is 10.6 Å². The molecule has 2 rings (SSSR count). The molecular weight excluding hydrogens is 272 g/mol. The number of nitro benzene ring substituents is 1. The molecule has 0 aliphatic carbocycles. The molecule has 1 aliphatic rings. The number of hydrogen-bond donors (Lipinski definition) is 2. The summed E-state index contributed by atoms with van der Waals surface area (Å²) < 4.78 is 0. The minimum absolute atomic E-state index is 0.0672. The number of nitro groups is 1. The standard InChI is InChI=1S/C14H20N4O3/c1-15-14(19)11-3-4-12(13(7-11)18(20)21)16-8-10-5-6-17(2)9-10/h3-4,7,10,16H,5-6,8-9H2,1-2H3,(H,15,19)/t10-/m0/s1. The normalized spacial score (nSPS) is 18.5. The van der Waals surface area contributed by atoms with Crippen LogP contribution in [-0.4, -0.2) is 49.5 Å². The van der Waals surface area contributed by atoms with Crippen molar-refractivity contribution in [3.05, 3.63) is 33.9 Å². The zero-order valence-corrected chi connectivity index (χ0v) is 12.3. The molecule has 0 spiro atoms. The van der Waals surface area contributed by atoms with E-state index in [-0.39, 0.29) is 17.2 Å². The summed E-state index contributed by atoms with van der Waals surface area (Å²) in [4.78, 5) is 24.5. The van der Waals surface area contributed by atoms with E-state index in [4.69, 9.17) is 0 Å². The number of rotatable bonds is 5. The van der Waals surface area contributed by atoms with Crippen molar-refractivity contribution in [2.75, 3.05) is 39.0 Å². The molecule has 21 heavy (non-hydrogen) atoms. The molecule has 1 aromatic rings. The number of amides is 1. The molecule has 1 atom stereocenters. The topological polar surface area (TPSA) is 87.5 Å². The Labute approximate surface area is 123 Å². The van der Waals surface area contributed by atoms with Crippen LogP contribution in [0.15, 0.2) is 18.2 Å². The van der Waals surface area contributed by atoms with Gasteiger partial charge in [0, 0.05) is 31.8 Å². The second-order valence-corrected chi connectivity index (χ2v) is 5.37. The number of carbonyl (C=O) groups is 1. The van der Waals surface area contributed by atoms with E-state index in [1.807, 2.05) is 0 Å². The molecule has 0 bridgehead atoms. The Morgan fingerprint density at radius 3 is 2.86 bits per heavy atom. The van der Waals surface area contributed by atoms with Crippen molar-refractivity contribution in [3.8, 4) is 0 Å². The summed E-state index contributed by atoms with van der Waals surface area (Å²) in [5, 5.41) is 16.8. The molecule has 1 aliphatic heterocycles.